The first-order chi connectivity index (χ1) is 5.93. The SMILES string of the molecule is C1[Se]C(C2CS2)[Se]CC1C1CS1. The number of thioether (sulfide) groups is 2. The molecular weight excluding hydrogens is 318 g/mol. The molecule has 12 heavy (non-hydrogen) atoms. The van der Waals surface area contributed by atoms with Gasteiger partial charge in [0.2, 0.25) is 0 Å². The van der Waals surface area contributed by atoms with Crippen molar-refractivity contribution in [3.63, 3.8) is 0 Å². The van der Waals surface area contributed by atoms with Gasteiger partial charge in [0.05, 0.1) is 0 Å². The zero-order valence-corrected chi connectivity index (χ0v) is 11.8. The standard InChI is InChI=1S/C8H12S2Se2/c1-6(9-1)5-3-11-8(12-4-5)7-2-10-7/h5-8H,1-4H2. The van der Waals surface area contributed by atoms with Crippen molar-refractivity contribution in [2.45, 2.75) is 24.9 Å². The van der Waals surface area contributed by atoms with E-state index >= 15 is 0 Å². The number of hydrogen-bond acceptors (Lipinski definition) is 2. The molecule has 3 rings (SSSR count). The van der Waals surface area contributed by atoms with Crippen LogP contribution in [0, 0.1) is 5.92 Å². The van der Waals surface area contributed by atoms with Crippen LogP contribution in [-0.4, -0.2) is 51.9 Å². The molecule has 0 amide bonds. The minimum absolute atomic E-state index is 1.04. The normalized spacial score (nSPS) is 52.0. The van der Waals surface area contributed by atoms with E-state index in [1.807, 2.05) is 0 Å². The Kier molecular flexibility index (Phi) is 2.79. The average Bonchev–Trinajstić information content (AvgIpc) is 2.98. The number of rotatable bonds is 2. The summed E-state index contributed by atoms with van der Waals surface area (Å²) in [7, 11) is 0. The number of hydrogen-bond donors (Lipinski definition) is 0. The molecule has 0 N–H and O–H groups in total. The molecule has 0 nitrogen and oxygen atoms in total. The molecule has 3 fully saturated rings. The van der Waals surface area contributed by atoms with Crippen molar-refractivity contribution in [2.24, 2.45) is 5.92 Å². The van der Waals surface area contributed by atoms with Gasteiger partial charge in [0.25, 0.3) is 0 Å². The Morgan fingerprint density at radius 3 is 2.00 bits per heavy atom. The van der Waals surface area contributed by atoms with Crippen LogP contribution in [0.5, 0.6) is 0 Å². The van der Waals surface area contributed by atoms with Gasteiger partial charge in [-0.05, 0) is 0 Å². The monoisotopic (exact) mass is 332 g/mol. The summed E-state index contributed by atoms with van der Waals surface area (Å²) in [5.74, 6) is 4.19. The van der Waals surface area contributed by atoms with Crippen LogP contribution in [0.4, 0.5) is 0 Å². The van der Waals surface area contributed by atoms with Crippen LogP contribution in [0.2, 0.25) is 14.4 Å². The van der Waals surface area contributed by atoms with Crippen LogP contribution in [0.3, 0.4) is 0 Å². The molecule has 3 aliphatic heterocycles. The van der Waals surface area contributed by atoms with E-state index in [1.165, 1.54) is 21.1 Å². The molecule has 0 aromatic rings. The van der Waals surface area contributed by atoms with Crippen LogP contribution in [0.15, 0.2) is 0 Å². The van der Waals surface area contributed by atoms with Crippen LogP contribution >= 0.6 is 23.5 Å². The summed E-state index contributed by atoms with van der Waals surface area (Å²) < 4.78 is 1.25. The molecule has 0 saturated carbocycles. The minimum atomic E-state index is 1.04. The first-order valence-corrected chi connectivity index (χ1v) is 10.9. The van der Waals surface area contributed by atoms with Crippen LogP contribution in [-0.2, 0) is 0 Å². The summed E-state index contributed by atoms with van der Waals surface area (Å²) in [6, 6.07) is 0. The van der Waals surface area contributed by atoms with Crippen molar-refractivity contribution in [3.8, 4) is 0 Å². The molecule has 0 aromatic heterocycles. The summed E-state index contributed by atoms with van der Waals surface area (Å²) in [6.45, 7) is 0. The van der Waals surface area contributed by atoms with E-state index in [4.69, 9.17) is 0 Å². The second-order valence-corrected chi connectivity index (χ2v) is 12.5. The predicted molar refractivity (Wildman–Crippen MR) is 60.9 cm³/mol. The van der Waals surface area contributed by atoms with E-state index in [-0.39, 0.29) is 0 Å². The molecule has 3 saturated heterocycles. The van der Waals surface area contributed by atoms with E-state index in [2.05, 4.69) is 23.5 Å². The molecule has 2 unspecified atom stereocenters. The molecule has 2 atom stereocenters. The third kappa shape index (κ3) is 2.04. The van der Waals surface area contributed by atoms with Gasteiger partial charge in [-0.3, -0.25) is 0 Å². The molecule has 3 aliphatic rings. The van der Waals surface area contributed by atoms with E-state index in [9.17, 15) is 0 Å². The van der Waals surface area contributed by atoms with Gasteiger partial charge in [-0.2, -0.15) is 0 Å². The fourth-order valence-corrected chi connectivity index (χ4v) is 14.0. The summed E-state index contributed by atoms with van der Waals surface area (Å²) in [4.78, 5) is 0. The third-order valence-electron chi connectivity index (χ3n) is 2.50. The predicted octanol–water partition coefficient (Wildman–Crippen LogP) is 1.84. The third-order valence-corrected chi connectivity index (χ3v) is 13.7. The van der Waals surface area contributed by atoms with Gasteiger partial charge in [-0.25, -0.2) is 0 Å². The van der Waals surface area contributed by atoms with Crippen LogP contribution in [0.1, 0.15) is 0 Å². The van der Waals surface area contributed by atoms with Gasteiger partial charge in [0.15, 0.2) is 0 Å². The van der Waals surface area contributed by atoms with Gasteiger partial charge in [-0.1, -0.05) is 0 Å². The van der Waals surface area contributed by atoms with Gasteiger partial charge < -0.3 is 0 Å². The zero-order chi connectivity index (χ0) is 7.97. The van der Waals surface area contributed by atoms with Crippen molar-refractivity contribution in [1.82, 2.24) is 0 Å². The van der Waals surface area contributed by atoms with Crippen molar-refractivity contribution in [2.75, 3.05) is 11.5 Å². The summed E-state index contributed by atoms with van der Waals surface area (Å²) in [6.07, 6.45) is 0. The first kappa shape index (κ1) is 9.00. The van der Waals surface area contributed by atoms with Crippen LogP contribution in [0.25, 0.3) is 0 Å². The Hall–Kier alpha value is 1.74. The summed E-state index contributed by atoms with van der Waals surface area (Å²) >= 11 is 6.52. The van der Waals surface area contributed by atoms with Gasteiger partial charge >= 0.3 is 95.7 Å². The summed E-state index contributed by atoms with van der Waals surface area (Å²) in [5.41, 5.74) is 0. The Balaban J connectivity index is 1.51. The molecule has 3 heterocycles. The van der Waals surface area contributed by atoms with E-state index < -0.39 is 0 Å². The topological polar surface area (TPSA) is 0 Å². The molecular formula is C8H12S2Se2. The zero-order valence-electron chi connectivity index (χ0n) is 6.77. The second-order valence-electron chi connectivity index (χ2n) is 3.54. The molecule has 0 aromatic carbocycles. The molecule has 0 bridgehead atoms. The molecule has 0 spiro atoms. The Morgan fingerprint density at radius 2 is 1.50 bits per heavy atom. The first-order valence-electron chi connectivity index (χ1n) is 4.40. The average molecular weight is 330 g/mol. The van der Waals surface area contributed by atoms with E-state index in [0.29, 0.717) is 0 Å². The van der Waals surface area contributed by atoms with Crippen molar-refractivity contribution in [1.29, 1.82) is 0 Å². The summed E-state index contributed by atoms with van der Waals surface area (Å²) in [5, 5.41) is 5.54. The fraction of sp³-hybridized carbons (Fsp3) is 1.00. The van der Waals surface area contributed by atoms with Gasteiger partial charge in [-0.15, -0.1) is 0 Å². The second kappa shape index (κ2) is 3.71. The maximum atomic E-state index is 2.23. The van der Waals surface area contributed by atoms with Crippen molar-refractivity contribution >= 4 is 53.4 Å². The maximum absolute atomic E-state index is 2.23. The quantitative estimate of drug-likeness (QED) is 0.560. The van der Waals surface area contributed by atoms with Crippen molar-refractivity contribution < 1.29 is 0 Å². The fourth-order valence-electron chi connectivity index (χ4n) is 1.50. The molecule has 0 aliphatic carbocycles. The Bertz CT molecular complexity index is 152. The molecule has 4 heteroatoms. The van der Waals surface area contributed by atoms with Gasteiger partial charge in [0, 0.05) is 0 Å². The van der Waals surface area contributed by atoms with E-state index in [1.54, 1.807) is 10.6 Å². The Labute approximate surface area is 95.1 Å². The Morgan fingerprint density at radius 1 is 0.917 bits per heavy atom. The van der Waals surface area contributed by atoms with Crippen molar-refractivity contribution in [3.05, 3.63) is 0 Å². The van der Waals surface area contributed by atoms with Crippen LogP contribution < -0.4 is 0 Å². The molecule has 0 radical (unpaired) electrons. The molecule has 68 valence electrons. The van der Waals surface area contributed by atoms with E-state index in [0.717, 1.165) is 40.4 Å². The van der Waals surface area contributed by atoms with Gasteiger partial charge in [0.1, 0.15) is 0 Å².